The molecule has 2 aromatic carbocycles. The van der Waals surface area contributed by atoms with Gasteiger partial charge in [0, 0.05) is 16.9 Å². The number of carbonyl (C=O) groups excluding carboxylic acids is 1. The Kier molecular flexibility index (Phi) is 5.34. The monoisotopic (exact) mass is 350 g/mol. The molecule has 1 aromatic heterocycles. The average Bonchev–Trinajstić information content (AvgIpc) is 3.00. The van der Waals surface area contributed by atoms with Gasteiger partial charge in [-0.3, -0.25) is 4.79 Å². The second kappa shape index (κ2) is 7.66. The fraction of sp³-hybridized carbons (Fsp3) is 0.227. The lowest BCUT2D eigenvalue weighted by Crippen LogP contribution is -1.95. The van der Waals surface area contributed by atoms with Crippen molar-refractivity contribution in [2.75, 3.05) is 6.61 Å². The highest BCUT2D eigenvalue weighted by molar-refractivity contribution is 7.18. The molecule has 3 rings (SSSR count). The predicted molar refractivity (Wildman–Crippen MR) is 106 cm³/mol. The van der Waals surface area contributed by atoms with Crippen molar-refractivity contribution in [3.05, 3.63) is 65.0 Å². The van der Waals surface area contributed by atoms with Gasteiger partial charge in [-0.05, 0) is 54.8 Å². The SMILES string of the molecule is CCOc1ccc(-c2sc(C(=O)CC)c(-c3ccccc3)c2C)cc1. The third kappa shape index (κ3) is 3.52. The van der Waals surface area contributed by atoms with Crippen LogP contribution in [0.25, 0.3) is 21.6 Å². The molecule has 0 aliphatic rings. The number of ether oxygens (including phenoxy) is 1. The van der Waals surface area contributed by atoms with Crippen LogP contribution in [0.3, 0.4) is 0 Å². The standard InChI is InChI=1S/C22H22O2S/c1-4-19(23)22-20(16-9-7-6-8-10-16)15(3)21(25-22)17-11-13-18(14-12-17)24-5-2/h6-14H,4-5H2,1-3H3. The van der Waals surface area contributed by atoms with E-state index in [0.717, 1.165) is 37.8 Å². The zero-order valence-corrected chi connectivity index (χ0v) is 15.7. The summed E-state index contributed by atoms with van der Waals surface area (Å²) in [6.07, 6.45) is 0.516. The molecule has 1 heterocycles. The largest absolute Gasteiger partial charge is 0.494 e. The van der Waals surface area contributed by atoms with Crippen LogP contribution in [-0.2, 0) is 0 Å². The first-order chi connectivity index (χ1) is 12.2. The smallest absolute Gasteiger partial charge is 0.173 e. The molecule has 25 heavy (non-hydrogen) atoms. The summed E-state index contributed by atoms with van der Waals surface area (Å²) >= 11 is 1.60. The Balaban J connectivity index is 2.12. The highest BCUT2D eigenvalue weighted by Gasteiger charge is 2.21. The summed E-state index contributed by atoms with van der Waals surface area (Å²) in [5.74, 6) is 1.07. The number of carbonyl (C=O) groups is 1. The van der Waals surface area contributed by atoms with Gasteiger partial charge in [0.1, 0.15) is 5.75 Å². The lowest BCUT2D eigenvalue weighted by atomic mass is 9.97. The van der Waals surface area contributed by atoms with E-state index in [2.05, 4.69) is 31.2 Å². The van der Waals surface area contributed by atoms with E-state index in [9.17, 15) is 4.79 Å². The fourth-order valence-corrected chi connectivity index (χ4v) is 4.31. The van der Waals surface area contributed by atoms with Crippen LogP contribution in [0.5, 0.6) is 5.75 Å². The van der Waals surface area contributed by atoms with E-state index in [-0.39, 0.29) is 5.78 Å². The minimum Gasteiger partial charge on any atom is -0.494 e. The number of rotatable bonds is 6. The third-order valence-corrected chi connectivity index (χ3v) is 5.59. The minimum atomic E-state index is 0.198. The van der Waals surface area contributed by atoms with E-state index in [1.54, 1.807) is 11.3 Å². The van der Waals surface area contributed by atoms with Crippen LogP contribution in [0.2, 0.25) is 0 Å². The first-order valence-corrected chi connectivity index (χ1v) is 9.42. The van der Waals surface area contributed by atoms with Crippen LogP contribution < -0.4 is 4.74 Å². The molecule has 0 spiro atoms. The summed E-state index contributed by atoms with van der Waals surface area (Å²) in [5.41, 5.74) is 4.46. The maximum absolute atomic E-state index is 12.5. The number of hydrogen-bond acceptors (Lipinski definition) is 3. The van der Waals surface area contributed by atoms with Gasteiger partial charge in [0.25, 0.3) is 0 Å². The topological polar surface area (TPSA) is 26.3 Å². The van der Waals surface area contributed by atoms with E-state index < -0.39 is 0 Å². The van der Waals surface area contributed by atoms with E-state index in [1.807, 2.05) is 44.2 Å². The maximum atomic E-state index is 12.5. The van der Waals surface area contributed by atoms with Crippen molar-refractivity contribution in [1.29, 1.82) is 0 Å². The number of hydrogen-bond donors (Lipinski definition) is 0. The second-order valence-electron chi connectivity index (χ2n) is 5.86. The zero-order chi connectivity index (χ0) is 17.8. The van der Waals surface area contributed by atoms with E-state index in [4.69, 9.17) is 4.74 Å². The van der Waals surface area contributed by atoms with Gasteiger partial charge >= 0.3 is 0 Å². The normalized spacial score (nSPS) is 10.7. The zero-order valence-electron chi connectivity index (χ0n) is 14.8. The van der Waals surface area contributed by atoms with Crippen molar-refractivity contribution in [2.45, 2.75) is 27.2 Å². The number of thiophene rings is 1. The van der Waals surface area contributed by atoms with Gasteiger partial charge in [0.2, 0.25) is 0 Å². The van der Waals surface area contributed by atoms with Crippen molar-refractivity contribution in [3.63, 3.8) is 0 Å². The van der Waals surface area contributed by atoms with Crippen LogP contribution >= 0.6 is 11.3 Å². The Morgan fingerprint density at radius 1 is 0.960 bits per heavy atom. The summed E-state index contributed by atoms with van der Waals surface area (Å²) in [4.78, 5) is 14.5. The molecule has 0 aliphatic carbocycles. The van der Waals surface area contributed by atoms with Crippen molar-refractivity contribution in [1.82, 2.24) is 0 Å². The summed E-state index contributed by atoms with van der Waals surface area (Å²) < 4.78 is 5.53. The quantitative estimate of drug-likeness (QED) is 0.482. The number of Topliss-reactive ketones (excluding diaryl/α,β-unsaturated/α-hetero) is 1. The molecule has 128 valence electrons. The Hall–Kier alpha value is -2.39. The van der Waals surface area contributed by atoms with E-state index in [1.165, 1.54) is 0 Å². The first-order valence-electron chi connectivity index (χ1n) is 8.60. The molecule has 3 aromatic rings. The third-order valence-electron chi connectivity index (χ3n) is 4.21. The van der Waals surface area contributed by atoms with Gasteiger partial charge in [-0.2, -0.15) is 0 Å². The Morgan fingerprint density at radius 2 is 1.64 bits per heavy atom. The Labute approximate surface area is 153 Å². The molecule has 0 aliphatic heterocycles. The molecule has 0 fully saturated rings. The summed E-state index contributed by atoms with van der Waals surface area (Å²) in [7, 11) is 0. The Morgan fingerprint density at radius 3 is 2.24 bits per heavy atom. The molecule has 2 nitrogen and oxygen atoms in total. The molecule has 0 bridgehead atoms. The van der Waals surface area contributed by atoms with Crippen LogP contribution in [-0.4, -0.2) is 12.4 Å². The van der Waals surface area contributed by atoms with Crippen molar-refractivity contribution in [3.8, 4) is 27.3 Å². The Bertz CT molecular complexity index is 861. The highest BCUT2D eigenvalue weighted by Crippen LogP contribution is 2.42. The highest BCUT2D eigenvalue weighted by atomic mass is 32.1. The predicted octanol–water partition coefficient (Wildman–Crippen LogP) is 6.38. The molecule has 0 amide bonds. The molecule has 0 radical (unpaired) electrons. The van der Waals surface area contributed by atoms with E-state index >= 15 is 0 Å². The summed E-state index contributed by atoms with van der Waals surface area (Å²) in [6.45, 7) is 6.66. The lowest BCUT2D eigenvalue weighted by molar-refractivity contribution is 0.0992. The average molecular weight is 350 g/mol. The lowest BCUT2D eigenvalue weighted by Gasteiger charge is -2.06. The summed E-state index contributed by atoms with van der Waals surface area (Å²) in [5, 5.41) is 0. The van der Waals surface area contributed by atoms with Crippen LogP contribution in [0.15, 0.2) is 54.6 Å². The molecule has 0 saturated carbocycles. The van der Waals surface area contributed by atoms with Gasteiger partial charge in [-0.15, -0.1) is 11.3 Å². The van der Waals surface area contributed by atoms with Crippen molar-refractivity contribution < 1.29 is 9.53 Å². The van der Waals surface area contributed by atoms with Crippen LogP contribution in [0.4, 0.5) is 0 Å². The van der Waals surface area contributed by atoms with Crippen LogP contribution in [0, 0.1) is 6.92 Å². The number of ketones is 1. The van der Waals surface area contributed by atoms with Crippen molar-refractivity contribution in [2.24, 2.45) is 0 Å². The van der Waals surface area contributed by atoms with Crippen LogP contribution in [0.1, 0.15) is 35.5 Å². The van der Waals surface area contributed by atoms with Gasteiger partial charge in [-0.1, -0.05) is 37.3 Å². The molecule has 0 unspecified atom stereocenters. The summed E-state index contributed by atoms with van der Waals surface area (Å²) in [6, 6.07) is 18.3. The molecule has 3 heteroatoms. The van der Waals surface area contributed by atoms with Gasteiger partial charge < -0.3 is 4.74 Å². The van der Waals surface area contributed by atoms with Crippen molar-refractivity contribution >= 4 is 17.1 Å². The molecule has 0 atom stereocenters. The first kappa shape index (κ1) is 17.4. The molecule has 0 saturated heterocycles. The van der Waals surface area contributed by atoms with E-state index in [0.29, 0.717) is 13.0 Å². The molecular weight excluding hydrogens is 328 g/mol. The van der Waals surface area contributed by atoms with Gasteiger partial charge in [0.05, 0.1) is 11.5 Å². The number of benzene rings is 2. The molecule has 0 N–H and O–H groups in total. The molecular formula is C22H22O2S. The minimum absolute atomic E-state index is 0.198. The van der Waals surface area contributed by atoms with Gasteiger partial charge in [-0.25, -0.2) is 0 Å². The fourth-order valence-electron chi connectivity index (χ4n) is 2.97. The second-order valence-corrected chi connectivity index (χ2v) is 6.88. The van der Waals surface area contributed by atoms with Gasteiger partial charge in [0.15, 0.2) is 5.78 Å². The maximum Gasteiger partial charge on any atom is 0.173 e.